The largest absolute Gasteiger partial charge is 0.595 e. The topological polar surface area (TPSA) is 81.9 Å². The van der Waals surface area contributed by atoms with Crippen molar-refractivity contribution in [3.8, 4) is 0 Å². The van der Waals surface area contributed by atoms with Gasteiger partial charge in [0.15, 0.2) is 17.3 Å². The Hall–Kier alpha value is -1.38. The van der Waals surface area contributed by atoms with E-state index in [1.54, 1.807) is 35.7 Å². The van der Waals surface area contributed by atoms with E-state index in [0.29, 0.717) is 5.56 Å². The van der Waals surface area contributed by atoms with Gasteiger partial charge in [-0.3, -0.25) is 9.59 Å². The minimum atomic E-state index is -1.02. The molecule has 122 valence electrons. The van der Waals surface area contributed by atoms with Gasteiger partial charge in [0.25, 0.3) is 0 Å². The first-order chi connectivity index (χ1) is 11.0. The van der Waals surface area contributed by atoms with E-state index in [-0.39, 0.29) is 22.8 Å². The Morgan fingerprint density at radius 2 is 2.00 bits per heavy atom. The summed E-state index contributed by atoms with van der Waals surface area (Å²) < 4.78 is 0.790. The second kappa shape index (κ2) is 8.47. The number of Topliss-reactive ketones (excluding diaryl/α,β-unsaturated/α-hetero) is 1. The molecule has 2 N–H and O–H groups in total. The molecule has 1 heterocycles. The first-order valence-electron chi connectivity index (χ1n) is 7.05. The van der Waals surface area contributed by atoms with Gasteiger partial charge in [0.1, 0.15) is 0 Å². The van der Waals surface area contributed by atoms with Crippen LogP contribution in [-0.4, -0.2) is 28.3 Å². The van der Waals surface area contributed by atoms with Gasteiger partial charge in [-0.15, -0.1) is 23.5 Å². The molecular weight excluding hydrogens is 334 g/mol. The van der Waals surface area contributed by atoms with E-state index >= 15 is 0 Å². The smallest absolute Gasteiger partial charge is 0.191 e. The fraction of sp³-hybridized carbons (Fsp3) is 0.250. The van der Waals surface area contributed by atoms with Crippen molar-refractivity contribution < 1.29 is 20.0 Å². The summed E-state index contributed by atoms with van der Waals surface area (Å²) >= 11 is 3.09. The van der Waals surface area contributed by atoms with Crippen LogP contribution >= 0.6 is 23.5 Å². The minimum absolute atomic E-state index is 0.156. The van der Waals surface area contributed by atoms with E-state index in [2.05, 4.69) is 0 Å². The Bertz CT molecular complexity index is 660. The fourth-order valence-electron chi connectivity index (χ4n) is 2.02. The molecule has 1 fully saturated rings. The molecule has 5 nitrogen and oxygen atoms in total. The van der Waals surface area contributed by atoms with Crippen molar-refractivity contribution >= 4 is 46.9 Å². The lowest BCUT2D eigenvalue weighted by molar-refractivity contribution is -0.991. The maximum atomic E-state index is 12.4. The number of hydrogen-bond acceptors (Lipinski definition) is 6. The second-order valence-corrected chi connectivity index (χ2v) is 7.37. The van der Waals surface area contributed by atoms with Crippen LogP contribution in [0.2, 0.25) is 0 Å². The number of ketones is 2. The average molecular weight is 351 g/mol. The first-order valence-corrected chi connectivity index (χ1v) is 9.02. The van der Waals surface area contributed by atoms with Crippen molar-refractivity contribution in [3.63, 3.8) is 0 Å². The van der Waals surface area contributed by atoms with Gasteiger partial charge in [-0.25, -0.2) is 5.21 Å². The Morgan fingerprint density at radius 1 is 1.30 bits per heavy atom. The number of benzene rings is 1. The molecular formula is C16H17NO4S2. The summed E-state index contributed by atoms with van der Waals surface area (Å²) in [6.45, 7) is 1.40. The van der Waals surface area contributed by atoms with E-state index in [1.165, 1.54) is 31.2 Å². The van der Waals surface area contributed by atoms with Crippen molar-refractivity contribution in [1.29, 1.82) is 0 Å². The van der Waals surface area contributed by atoms with Crippen molar-refractivity contribution in [3.05, 3.63) is 50.9 Å². The molecule has 1 aromatic rings. The van der Waals surface area contributed by atoms with Crippen LogP contribution in [0.5, 0.6) is 0 Å². The summed E-state index contributed by atoms with van der Waals surface area (Å²) in [7, 11) is 0. The molecule has 23 heavy (non-hydrogen) atoms. The molecule has 0 aromatic heterocycles. The Labute approximate surface area is 143 Å². The first kappa shape index (κ1) is 18.0. The fourth-order valence-corrected chi connectivity index (χ4v) is 4.76. The van der Waals surface area contributed by atoms with E-state index in [1.807, 2.05) is 0 Å². The van der Waals surface area contributed by atoms with Gasteiger partial charge < -0.3 is 5.21 Å². The molecule has 1 aliphatic heterocycles. The Balaban J connectivity index is 2.21. The standard InChI is InChI=1S/C16H17NO4S2/c1-11(18)15(16-22-8-3-9-23-16)14(19)7-6-12-4-2-5-13(10-12)17(20)21/h2,4-7,10,17,20H,3,8-9H2,1H3. The highest BCUT2D eigenvalue weighted by Crippen LogP contribution is 2.37. The van der Waals surface area contributed by atoms with Gasteiger partial charge in [-0.05, 0) is 36.5 Å². The molecule has 0 aliphatic carbocycles. The van der Waals surface area contributed by atoms with Crippen LogP contribution in [0.25, 0.3) is 6.08 Å². The summed E-state index contributed by atoms with van der Waals surface area (Å²) in [4.78, 5) is 24.2. The second-order valence-electron chi connectivity index (χ2n) is 4.90. The number of hydrogen-bond donors (Lipinski definition) is 2. The zero-order chi connectivity index (χ0) is 16.8. The van der Waals surface area contributed by atoms with Crippen LogP contribution in [0, 0.1) is 5.21 Å². The molecule has 1 saturated heterocycles. The van der Waals surface area contributed by atoms with Gasteiger partial charge >= 0.3 is 0 Å². The van der Waals surface area contributed by atoms with Crippen molar-refractivity contribution in [2.75, 3.05) is 11.5 Å². The summed E-state index contributed by atoms with van der Waals surface area (Å²) in [5.74, 6) is 1.25. The van der Waals surface area contributed by atoms with E-state index < -0.39 is 5.23 Å². The highest BCUT2D eigenvalue weighted by molar-refractivity contribution is 8.22. The monoisotopic (exact) mass is 351 g/mol. The predicted molar refractivity (Wildman–Crippen MR) is 93.5 cm³/mol. The highest BCUT2D eigenvalue weighted by Gasteiger charge is 2.20. The van der Waals surface area contributed by atoms with Crippen LogP contribution < -0.4 is 5.23 Å². The maximum Gasteiger partial charge on any atom is 0.191 e. The number of quaternary nitrogens is 1. The zero-order valence-electron chi connectivity index (χ0n) is 12.6. The number of carbonyl (C=O) groups is 2. The molecule has 1 atom stereocenters. The average Bonchev–Trinajstić information content (AvgIpc) is 2.54. The van der Waals surface area contributed by atoms with Crippen molar-refractivity contribution in [2.24, 2.45) is 0 Å². The van der Waals surface area contributed by atoms with E-state index in [9.17, 15) is 14.8 Å². The lowest BCUT2D eigenvalue weighted by Gasteiger charge is -2.15. The Morgan fingerprint density at radius 3 is 2.61 bits per heavy atom. The van der Waals surface area contributed by atoms with Gasteiger partial charge in [-0.1, -0.05) is 18.2 Å². The molecule has 0 saturated carbocycles. The molecule has 1 aromatic carbocycles. The van der Waals surface area contributed by atoms with E-state index in [4.69, 9.17) is 5.21 Å². The van der Waals surface area contributed by atoms with Gasteiger partial charge in [-0.2, -0.15) is 5.23 Å². The van der Waals surface area contributed by atoms with Gasteiger partial charge in [0, 0.05) is 12.1 Å². The number of thioether (sulfide) groups is 2. The SMILES string of the molecule is CC(=O)C(C(=O)C=Cc1cccc([NH+]([O-])O)c1)=C1SCCCS1. The molecule has 0 radical (unpaired) electrons. The summed E-state index contributed by atoms with van der Waals surface area (Å²) in [6, 6.07) is 6.29. The summed E-state index contributed by atoms with van der Waals surface area (Å²) in [5.41, 5.74) is 0.989. The molecule has 0 bridgehead atoms. The quantitative estimate of drug-likeness (QED) is 0.367. The minimum Gasteiger partial charge on any atom is -0.595 e. The van der Waals surface area contributed by atoms with E-state index in [0.717, 1.165) is 22.2 Å². The molecule has 0 amide bonds. The molecule has 2 rings (SSSR count). The van der Waals surface area contributed by atoms with Crippen LogP contribution in [0.1, 0.15) is 18.9 Å². The van der Waals surface area contributed by atoms with Crippen LogP contribution in [0.15, 0.2) is 40.2 Å². The van der Waals surface area contributed by atoms with Crippen molar-refractivity contribution in [1.82, 2.24) is 0 Å². The normalized spacial score (nSPS) is 16.4. The van der Waals surface area contributed by atoms with Crippen LogP contribution in [0.3, 0.4) is 0 Å². The summed E-state index contributed by atoms with van der Waals surface area (Å²) in [5, 5.41) is 18.9. The molecule has 0 spiro atoms. The maximum absolute atomic E-state index is 12.4. The van der Waals surface area contributed by atoms with Crippen LogP contribution in [0.4, 0.5) is 5.69 Å². The molecule has 7 heteroatoms. The summed E-state index contributed by atoms with van der Waals surface area (Å²) in [6.07, 6.45) is 3.94. The number of carbonyl (C=O) groups excluding carboxylic acids is 2. The highest BCUT2D eigenvalue weighted by atomic mass is 32.2. The van der Waals surface area contributed by atoms with Crippen LogP contribution in [-0.2, 0) is 9.59 Å². The van der Waals surface area contributed by atoms with Crippen molar-refractivity contribution in [2.45, 2.75) is 13.3 Å². The number of nitrogens with one attached hydrogen (secondary N) is 1. The molecule has 1 aliphatic rings. The third kappa shape index (κ3) is 5.05. The van der Waals surface area contributed by atoms with Gasteiger partial charge in [0.05, 0.1) is 9.81 Å². The Kier molecular flexibility index (Phi) is 6.61. The zero-order valence-corrected chi connectivity index (χ0v) is 14.2. The predicted octanol–water partition coefficient (Wildman–Crippen LogP) is 2.34. The lowest BCUT2D eigenvalue weighted by atomic mass is 10.1. The number of allylic oxidation sites excluding steroid dienone is 2. The number of rotatable bonds is 5. The third-order valence-corrected chi connectivity index (χ3v) is 5.74. The molecule has 1 unspecified atom stereocenters. The van der Waals surface area contributed by atoms with Gasteiger partial charge in [0.2, 0.25) is 0 Å². The third-order valence-electron chi connectivity index (χ3n) is 3.12. The lowest BCUT2D eigenvalue weighted by Crippen LogP contribution is -2.99.